The van der Waals surface area contributed by atoms with E-state index in [2.05, 4.69) is 21.2 Å². The minimum atomic E-state index is -0.464. The predicted octanol–water partition coefficient (Wildman–Crippen LogP) is 2.79. The van der Waals surface area contributed by atoms with E-state index in [0.717, 1.165) is 22.9 Å². The molecule has 1 N–H and O–H groups in total. The second-order valence-corrected chi connectivity index (χ2v) is 4.68. The average molecular weight is 272 g/mol. The van der Waals surface area contributed by atoms with E-state index in [1.807, 2.05) is 0 Å². The zero-order valence-electron chi connectivity index (χ0n) is 8.31. The summed E-state index contributed by atoms with van der Waals surface area (Å²) in [6, 6.07) is 3.14. The Kier molecular flexibility index (Phi) is 2.78. The van der Waals surface area contributed by atoms with Gasteiger partial charge in [0, 0.05) is 10.5 Å². The van der Waals surface area contributed by atoms with Crippen LogP contribution in [0.25, 0.3) is 0 Å². The van der Waals surface area contributed by atoms with Crippen LogP contribution in [0.15, 0.2) is 16.6 Å². The highest BCUT2D eigenvalue weighted by atomic mass is 79.9. The van der Waals surface area contributed by atoms with Crippen LogP contribution in [0.4, 0.5) is 4.39 Å². The molecule has 1 aliphatic rings. The van der Waals surface area contributed by atoms with Crippen LogP contribution < -0.4 is 5.32 Å². The molecule has 15 heavy (non-hydrogen) atoms. The Hall–Kier alpha value is -0.900. The molecule has 1 aliphatic carbocycles. The lowest BCUT2D eigenvalue weighted by Crippen LogP contribution is -2.26. The molecule has 0 aromatic heterocycles. The molecule has 1 fully saturated rings. The number of rotatable bonds is 2. The molecule has 0 atom stereocenters. The van der Waals surface area contributed by atoms with Gasteiger partial charge in [-0.1, -0.05) is 15.9 Å². The van der Waals surface area contributed by atoms with Crippen LogP contribution in [-0.4, -0.2) is 11.9 Å². The molecule has 4 heteroatoms. The monoisotopic (exact) mass is 271 g/mol. The molecule has 0 unspecified atom stereocenters. The van der Waals surface area contributed by atoms with Crippen molar-refractivity contribution in [3.8, 4) is 0 Å². The summed E-state index contributed by atoms with van der Waals surface area (Å²) < 4.78 is 14.2. The van der Waals surface area contributed by atoms with E-state index in [4.69, 9.17) is 0 Å². The van der Waals surface area contributed by atoms with Gasteiger partial charge in [0.05, 0.1) is 5.56 Å². The number of amides is 1. The highest BCUT2D eigenvalue weighted by Crippen LogP contribution is 2.23. The van der Waals surface area contributed by atoms with Gasteiger partial charge >= 0.3 is 0 Å². The summed E-state index contributed by atoms with van der Waals surface area (Å²) in [5.41, 5.74) is 0.898. The van der Waals surface area contributed by atoms with E-state index in [9.17, 15) is 9.18 Å². The maximum atomic E-state index is 13.5. The summed E-state index contributed by atoms with van der Waals surface area (Å²) in [6.45, 7) is 1.79. The Bertz CT molecular complexity index is 415. The van der Waals surface area contributed by atoms with E-state index in [1.54, 1.807) is 6.92 Å². The van der Waals surface area contributed by atoms with Gasteiger partial charge < -0.3 is 5.32 Å². The lowest BCUT2D eigenvalue weighted by atomic mass is 10.1. The van der Waals surface area contributed by atoms with Crippen molar-refractivity contribution < 1.29 is 9.18 Å². The molecule has 0 spiro atoms. The SMILES string of the molecule is Cc1cc(F)c(C(=O)NC2CC2)cc1Br. The first-order valence-electron chi connectivity index (χ1n) is 4.84. The van der Waals surface area contributed by atoms with E-state index in [0.29, 0.717) is 0 Å². The van der Waals surface area contributed by atoms with Crippen LogP contribution in [0.3, 0.4) is 0 Å². The Labute approximate surface area is 96.0 Å². The fraction of sp³-hybridized carbons (Fsp3) is 0.364. The van der Waals surface area contributed by atoms with Crippen molar-refractivity contribution in [2.75, 3.05) is 0 Å². The maximum Gasteiger partial charge on any atom is 0.254 e. The number of carbonyl (C=O) groups excluding carboxylic acids is 1. The summed E-state index contributed by atoms with van der Waals surface area (Å²) in [5.74, 6) is -0.787. The average Bonchev–Trinajstić information content (AvgIpc) is 2.95. The second-order valence-electron chi connectivity index (χ2n) is 3.83. The number of carbonyl (C=O) groups is 1. The van der Waals surface area contributed by atoms with Crippen molar-refractivity contribution in [3.05, 3.63) is 33.5 Å². The quantitative estimate of drug-likeness (QED) is 0.881. The minimum Gasteiger partial charge on any atom is -0.349 e. The predicted molar refractivity (Wildman–Crippen MR) is 59.3 cm³/mol. The summed E-state index contributed by atoms with van der Waals surface area (Å²) in [5, 5.41) is 2.76. The number of hydrogen-bond acceptors (Lipinski definition) is 1. The molecular weight excluding hydrogens is 261 g/mol. The lowest BCUT2D eigenvalue weighted by Gasteiger charge is -2.06. The first kappa shape index (κ1) is 10.6. The zero-order chi connectivity index (χ0) is 11.0. The van der Waals surface area contributed by atoms with E-state index in [-0.39, 0.29) is 17.5 Å². The van der Waals surface area contributed by atoms with Crippen LogP contribution in [0.1, 0.15) is 28.8 Å². The third-order valence-corrected chi connectivity index (χ3v) is 3.26. The molecule has 0 bridgehead atoms. The van der Waals surface area contributed by atoms with Crippen LogP contribution in [0.2, 0.25) is 0 Å². The summed E-state index contributed by atoms with van der Waals surface area (Å²) in [6.07, 6.45) is 2.00. The highest BCUT2D eigenvalue weighted by molar-refractivity contribution is 9.10. The van der Waals surface area contributed by atoms with Crippen LogP contribution in [0.5, 0.6) is 0 Å². The van der Waals surface area contributed by atoms with Crippen molar-refractivity contribution >= 4 is 21.8 Å². The van der Waals surface area contributed by atoms with Gasteiger partial charge in [-0.25, -0.2) is 4.39 Å². The van der Waals surface area contributed by atoms with Crippen LogP contribution >= 0.6 is 15.9 Å². The third kappa shape index (κ3) is 2.37. The number of halogens is 2. The van der Waals surface area contributed by atoms with Gasteiger partial charge in [0.15, 0.2) is 0 Å². The van der Waals surface area contributed by atoms with Crippen molar-refractivity contribution in [1.82, 2.24) is 5.32 Å². The van der Waals surface area contributed by atoms with Crippen molar-refractivity contribution in [2.24, 2.45) is 0 Å². The van der Waals surface area contributed by atoms with Gasteiger partial charge in [0.1, 0.15) is 5.82 Å². The molecule has 0 saturated heterocycles. The van der Waals surface area contributed by atoms with E-state index in [1.165, 1.54) is 12.1 Å². The standard InChI is InChI=1S/C11H11BrFNO/c1-6-4-10(13)8(5-9(6)12)11(15)14-7-2-3-7/h4-5,7H,2-3H2,1H3,(H,14,15). The van der Waals surface area contributed by atoms with E-state index >= 15 is 0 Å². The van der Waals surface area contributed by atoms with Gasteiger partial charge in [-0.2, -0.15) is 0 Å². The molecule has 1 amide bonds. The fourth-order valence-corrected chi connectivity index (χ4v) is 1.65. The summed E-state index contributed by atoms with van der Waals surface area (Å²) >= 11 is 3.28. The van der Waals surface area contributed by atoms with Crippen molar-refractivity contribution in [1.29, 1.82) is 0 Å². The van der Waals surface area contributed by atoms with Crippen LogP contribution in [0, 0.1) is 12.7 Å². The summed E-state index contributed by atoms with van der Waals surface area (Å²) in [4.78, 5) is 11.6. The molecular formula is C11H11BrFNO. The molecule has 0 aliphatic heterocycles. The van der Waals surface area contributed by atoms with E-state index < -0.39 is 5.82 Å². The topological polar surface area (TPSA) is 29.1 Å². The number of hydrogen-bond donors (Lipinski definition) is 1. The van der Waals surface area contributed by atoms with Gasteiger partial charge in [-0.05, 0) is 37.5 Å². The molecule has 80 valence electrons. The van der Waals surface area contributed by atoms with Crippen LogP contribution in [-0.2, 0) is 0 Å². The molecule has 0 radical (unpaired) electrons. The van der Waals surface area contributed by atoms with Gasteiger partial charge in [0.2, 0.25) is 0 Å². The molecule has 1 saturated carbocycles. The van der Waals surface area contributed by atoms with Gasteiger partial charge in [-0.15, -0.1) is 0 Å². The molecule has 1 aromatic rings. The molecule has 0 heterocycles. The molecule has 2 nitrogen and oxygen atoms in total. The Morgan fingerprint density at radius 2 is 2.20 bits per heavy atom. The fourth-order valence-electron chi connectivity index (χ4n) is 1.31. The van der Waals surface area contributed by atoms with Crippen molar-refractivity contribution in [2.45, 2.75) is 25.8 Å². The number of benzene rings is 1. The normalized spacial score (nSPS) is 15.1. The second kappa shape index (κ2) is 3.93. The number of aryl methyl sites for hydroxylation is 1. The summed E-state index contributed by atoms with van der Waals surface area (Å²) in [7, 11) is 0. The molecule has 1 aromatic carbocycles. The van der Waals surface area contributed by atoms with Crippen molar-refractivity contribution in [3.63, 3.8) is 0 Å². The largest absolute Gasteiger partial charge is 0.349 e. The third-order valence-electron chi connectivity index (χ3n) is 2.41. The first-order valence-corrected chi connectivity index (χ1v) is 5.63. The van der Waals surface area contributed by atoms with Gasteiger partial charge in [0.25, 0.3) is 5.91 Å². The zero-order valence-corrected chi connectivity index (χ0v) is 9.90. The maximum absolute atomic E-state index is 13.5. The first-order chi connectivity index (χ1) is 7.08. The van der Waals surface area contributed by atoms with Gasteiger partial charge in [-0.3, -0.25) is 4.79 Å². The lowest BCUT2D eigenvalue weighted by molar-refractivity contribution is 0.0947. The smallest absolute Gasteiger partial charge is 0.254 e. The number of nitrogens with one attached hydrogen (secondary N) is 1. The Morgan fingerprint density at radius 3 is 2.80 bits per heavy atom. The Morgan fingerprint density at radius 1 is 1.53 bits per heavy atom. The highest BCUT2D eigenvalue weighted by Gasteiger charge is 2.25. The Balaban J connectivity index is 2.25. The minimum absolute atomic E-state index is 0.111. The molecule has 2 rings (SSSR count).